The lowest BCUT2D eigenvalue weighted by molar-refractivity contribution is 0.0949. The van der Waals surface area contributed by atoms with Crippen LogP contribution in [0.5, 0.6) is 5.75 Å². The highest BCUT2D eigenvalue weighted by Gasteiger charge is 2.21. The number of aryl methyl sites for hydroxylation is 1. The zero-order chi connectivity index (χ0) is 19.3. The second-order valence-electron chi connectivity index (χ2n) is 6.44. The van der Waals surface area contributed by atoms with Crippen molar-refractivity contribution in [2.24, 2.45) is 0 Å². The van der Waals surface area contributed by atoms with E-state index >= 15 is 0 Å². The average molecular weight is 391 g/mol. The van der Waals surface area contributed by atoms with E-state index in [0.717, 1.165) is 34.8 Å². The van der Waals surface area contributed by atoms with E-state index in [1.54, 1.807) is 7.11 Å². The van der Waals surface area contributed by atoms with Gasteiger partial charge in [0.1, 0.15) is 5.75 Å². The fourth-order valence-corrected chi connectivity index (χ4v) is 3.93. The van der Waals surface area contributed by atoms with E-state index in [0.29, 0.717) is 12.2 Å². The highest BCUT2D eigenvalue weighted by Crippen LogP contribution is 2.29. The van der Waals surface area contributed by atoms with Gasteiger partial charge in [-0.1, -0.05) is 42.5 Å². The molecule has 5 nitrogen and oxygen atoms in total. The number of imidazole rings is 1. The van der Waals surface area contributed by atoms with Crippen molar-refractivity contribution in [3.63, 3.8) is 0 Å². The molecule has 2 aromatic carbocycles. The Hall–Kier alpha value is -3.12. The monoisotopic (exact) mass is 391 g/mol. The summed E-state index contributed by atoms with van der Waals surface area (Å²) >= 11 is 1.51. The van der Waals surface area contributed by atoms with E-state index in [1.807, 2.05) is 58.4 Å². The molecule has 4 aromatic rings. The van der Waals surface area contributed by atoms with Gasteiger partial charge in [-0.2, -0.15) is 0 Å². The van der Waals surface area contributed by atoms with Crippen molar-refractivity contribution in [1.82, 2.24) is 14.7 Å². The van der Waals surface area contributed by atoms with Crippen LogP contribution in [0.4, 0.5) is 0 Å². The van der Waals surface area contributed by atoms with E-state index in [4.69, 9.17) is 4.74 Å². The van der Waals surface area contributed by atoms with Gasteiger partial charge in [-0.25, -0.2) is 4.98 Å². The van der Waals surface area contributed by atoms with Gasteiger partial charge in [-0.15, -0.1) is 11.3 Å². The second kappa shape index (κ2) is 8.27. The third-order valence-electron chi connectivity index (χ3n) is 4.59. The zero-order valence-corrected chi connectivity index (χ0v) is 16.4. The van der Waals surface area contributed by atoms with Gasteiger partial charge in [-0.3, -0.25) is 9.20 Å². The molecule has 2 aromatic heterocycles. The van der Waals surface area contributed by atoms with Crippen LogP contribution in [0.15, 0.2) is 66.2 Å². The molecule has 0 aliphatic carbocycles. The van der Waals surface area contributed by atoms with E-state index < -0.39 is 0 Å². The Morgan fingerprint density at radius 3 is 2.86 bits per heavy atom. The Morgan fingerprint density at radius 1 is 1.18 bits per heavy atom. The molecule has 4 rings (SSSR count). The number of methoxy groups -OCH3 is 1. The van der Waals surface area contributed by atoms with E-state index in [2.05, 4.69) is 22.4 Å². The first-order chi connectivity index (χ1) is 13.8. The summed E-state index contributed by atoms with van der Waals surface area (Å²) in [6.45, 7) is 0.608. The third-order valence-corrected chi connectivity index (χ3v) is 5.35. The fraction of sp³-hybridized carbons (Fsp3) is 0.182. The summed E-state index contributed by atoms with van der Waals surface area (Å²) in [5, 5.41) is 4.98. The summed E-state index contributed by atoms with van der Waals surface area (Å²) in [5.74, 6) is 0.596. The van der Waals surface area contributed by atoms with Crippen LogP contribution in [-0.2, 0) is 6.42 Å². The molecule has 0 aliphatic heterocycles. The number of hydrogen-bond donors (Lipinski definition) is 1. The van der Waals surface area contributed by atoms with Gasteiger partial charge in [0.15, 0.2) is 10.7 Å². The molecule has 142 valence electrons. The lowest BCUT2D eigenvalue weighted by Gasteiger charge is -2.08. The molecule has 28 heavy (non-hydrogen) atoms. The molecule has 0 fully saturated rings. The molecule has 0 saturated carbocycles. The van der Waals surface area contributed by atoms with E-state index in [1.165, 1.54) is 16.9 Å². The maximum Gasteiger partial charge on any atom is 0.272 e. The quantitative estimate of drug-likeness (QED) is 0.474. The highest BCUT2D eigenvalue weighted by molar-refractivity contribution is 7.15. The van der Waals surface area contributed by atoms with Crippen molar-refractivity contribution in [2.75, 3.05) is 13.7 Å². The molecular weight excluding hydrogens is 370 g/mol. The first-order valence-corrected chi connectivity index (χ1v) is 10.1. The van der Waals surface area contributed by atoms with Crippen LogP contribution in [0.1, 0.15) is 22.5 Å². The Labute approximate surface area is 167 Å². The van der Waals surface area contributed by atoms with Crippen LogP contribution < -0.4 is 10.1 Å². The highest BCUT2D eigenvalue weighted by atomic mass is 32.1. The van der Waals surface area contributed by atoms with Gasteiger partial charge in [0, 0.05) is 23.7 Å². The van der Waals surface area contributed by atoms with Crippen LogP contribution in [0.25, 0.3) is 16.2 Å². The van der Waals surface area contributed by atoms with Crippen LogP contribution >= 0.6 is 11.3 Å². The molecule has 0 bridgehead atoms. The zero-order valence-electron chi connectivity index (χ0n) is 15.6. The Bertz CT molecular complexity index is 1090. The number of aromatic nitrogens is 2. The van der Waals surface area contributed by atoms with Gasteiger partial charge in [0.05, 0.1) is 12.8 Å². The largest absolute Gasteiger partial charge is 0.497 e. The number of carbonyl (C=O) groups excluding carboxylic acids is 1. The van der Waals surface area contributed by atoms with Crippen molar-refractivity contribution in [1.29, 1.82) is 0 Å². The maximum atomic E-state index is 12.9. The van der Waals surface area contributed by atoms with Gasteiger partial charge in [-0.05, 0) is 30.5 Å². The van der Waals surface area contributed by atoms with Crippen molar-refractivity contribution >= 4 is 22.2 Å². The number of benzene rings is 2. The number of fused-ring (bicyclic) bond motifs is 1. The van der Waals surface area contributed by atoms with Crippen molar-refractivity contribution < 1.29 is 9.53 Å². The van der Waals surface area contributed by atoms with Gasteiger partial charge in [0.2, 0.25) is 0 Å². The number of carbonyl (C=O) groups is 1. The molecular formula is C22H21N3O2S. The Balaban J connectivity index is 1.53. The normalized spacial score (nSPS) is 10.9. The van der Waals surface area contributed by atoms with E-state index in [-0.39, 0.29) is 5.91 Å². The molecule has 2 heterocycles. The van der Waals surface area contributed by atoms with Crippen molar-refractivity contribution in [3.8, 4) is 17.0 Å². The van der Waals surface area contributed by atoms with Crippen LogP contribution in [0.3, 0.4) is 0 Å². The van der Waals surface area contributed by atoms with Crippen molar-refractivity contribution in [3.05, 3.63) is 77.4 Å². The minimum Gasteiger partial charge on any atom is -0.497 e. The van der Waals surface area contributed by atoms with Crippen molar-refractivity contribution in [2.45, 2.75) is 12.8 Å². The Morgan fingerprint density at radius 2 is 2.04 bits per heavy atom. The lowest BCUT2D eigenvalue weighted by Crippen LogP contribution is -2.25. The summed E-state index contributed by atoms with van der Waals surface area (Å²) < 4.78 is 7.30. The number of amides is 1. The number of thiazole rings is 1. The van der Waals surface area contributed by atoms with E-state index in [9.17, 15) is 4.79 Å². The molecule has 1 N–H and O–H groups in total. The number of hydrogen-bond acceptors (Lipinski definition) is 4. The first-order valence-electron chi connectivity index (χ1n) is 9.18. The summed E-state index contributed by atoms with van der Waals surface area (Å²) in [7, 11) is 1.63. The predicted molar refractivity (Wildman–Crippen MR) is 112 cm³/mol. The topological polar surface area (TPSA) is 55.6 Å². The molecule has 0 atom stereocenters. The lowest BCUT2D eigenvalue weighted by atomic mass is 10.1. The summed E-state index contributed by atoms with van der Waals surface area (Å²) in [4.78, 5) is 18.2. The van der Waals surface area contributed by atoms with Gasteiger partial charge in [0.25, 0.3) is 5.91 Å². The van der Waals surface area contributed by atoms with Crippen LogP contribution in [0, 0.1) is 0 Å². The number of ether oxygens (including phenoxy) is 1. The predicted octanol–water partition coefficient (Wildman–Crippen LogP) is 4.43. The number of rotatable bonds is 7. The maximum absolute atomic E-state index is 12.9. The minimum atomic E-state index is -0.151. The molecule has 0 aliphatic rings. The molecule has 6 heteroatoms. The van der Waals surface area contributed by atoms with Gasteiger partial charge < -0.3 is 10.1 Å². The minimum absolute atomic E-state index is 0.151. The number of nitrogens with one attached hydrogen (secondary N) is 1. The Kier molecular flexibility index (Phi) is 5.39. The molecule has 1 amide bonds. The summed E-state index contributed by atoms with van der Waals surface area (Å²) in [5.41, 5.74) is 3.41. The molecule has 0 unspecified atom stereocenters. The summed E-state index contributed by atoms with van der Waals surface area (Å²) in [6, 6.07) is 18.0. The van der Waals surface area contributed by atoms with Crippen LogP contribution in [-0.4, -0.2) is 28.9 Å². The standard InChI is InChI=1S/C22H21N3O2S/c1-27-18-11-5-10-17(15-18)20-19(24-22-25(20)13-14-28-22)21(26)23-12-6-9-16-7-3-2-4-8-16/h2-5,7-8,10-11,13-15H,6,9,12H2,1H3,(H,23,26). The average Bonchev–Trinajstić information content (AvgIpc) is 3.33. The second-order valence-corrected chi connectivity index (χ2v) is 7.31. The summed E-state index contributed by atoms with van der Waals surface area (Å²) in [6.07, 6.45) is 3.75. The fourth-order valence-electron chi connectivity index (χ4n) is 3.21. The molecule has 0 spiro atoms. The van der Waals surface area contributed by atoms with Crippen LogP contribution in [0.2, 0.25) is 0 Å². The first kappa shape index (κ1) is 18.3. The third kappa shape index (κ3) is 3.77. The van der Waals surface area contributed by atoms with Gasteiger partial charge >= 0.3 is 0 Å². The molecule has 0 radical (unpaired) electrons. The molecule has 0 saturated heterocycles. The number of nitrogens with zero attached hydrogens (tertiary/aromatic N) is 2. The smallest absolute Gasteiger partial charge is 0.272 e. The SMILES string of the molecule is COc1cccc(-c2c(C(=O)NCCCc3ccccc3)nc3sccn23)c1.